The van der Waals surface area contributed by atoms with E-state index in [1.807, 2.05) is 0 Å². The summed E-state index contributed by atoms with van der Waals surface area (Å²) in [5, 5.41) is 0. The summed E-state index contributed by atoms with van der Waals surface area (Å²) in [4.78, 5) is 0. The number of rotatable bonds is 7. The average Bonchev–Trinajstić information content (AvgIpc) is 1.97. The minimum Gasteiger partial charge on any atom is -0.378 e. The number of hydrogen-bond acceptors (Lipinski definition) is 4. The van der Waals surface area contributed by atoms with Gasteiger partial charge in [0.25, 0.3) is 0 Å². The summed E-state index contributed by atoms with van der Waals surface area (Å²) in [6.07, 6.45) is 0. The Balaban J connectivity index is 2.65. The first kappa shape index (κ1) is 9.84. The van der Waals surface area contributed by atoms with Gasteiger partial charge in [0.1, 0.15) is 0 Å². The molecule has 0 aromatic carbocycles. The molecule has 0 fully saturated rings. The van der Waals surface area contributed by atoms with Crippen LogP contribution in [0.5, 0.6) is 0 Å². The molecule has 0 aromatic heterocycles. The molecule has 0 heterocycles. The molecule has 0 saturated carbocycles. The molecular formula is C6H16N2O2. The van der Waals surface area contributed by atoms with E-state index >= 15 is 0 Å². The Labute approximate surface area is 61.5 Å². The van der Waals surface area contributed by atoms with E-state index in [1.54, 1.807) is 0 Å². The van der Waals surface area contributed by atoms with Gasteiger partial charge >= 0.3 is 0 Å². The van der Waals surface area contributed by atoms with Gasteiger partial charge in [0.05, 0.1) is 26.4 Å². The van der Waals surface area contributed by atoms with Gasteiger partial charge in [-0.25, -0.2) is 0 Å². The molecule has 0 radical (unpaired) electrons. The third-order valence-electron chi connectivity index (χ3n) is 0.896. The van der Waals surface area contributed by atoms with Gasteiger partial charge in [-0.1, -0.05) is 0 Å². The SMILES string of the molecule is [15NH2]CCOCCOCC[15NH2]. The lowest BCUT2D eigenvalue weighted by molar-refractivity contribution is 0.0538. The van der Waals surface area contributed by atoms with E-state index < -0.39 is 0 Å². The third kappa shape index (κ3) is 7.84. The zero-order valence-electron chi connectivity index (χ0n) is 6.21. The van der Waals surface area contributed by atoms with Gasteiger partial charge in [-0.05, 0) is 0 Å². The van der Waals surface area contributed by atoms with Crippen molar-refractivity contribution in [2.45, 2.75) is 0 Å². The molecule has 0 aliphatic heterocycles. The molecular weight excluding hydrogens is 134 g/mol. The highest BCUT2D eigenvalue weighted by Gasteiger charge is 1.85. The maximum absolute atomic E-state index is 5.18. The molecule has 0 bridgehead atoms. The van der Waals surface area contributed by atoms with Crippen LogP contribution in [0.25, 0.3) is 0 Å². The van der Waals surface area contributed by atoms with Crippen molar-refractivity contribution in [3.63, 3.8) is 0 Å². The maximum atomic E-state index is 5.18. The second-order valence-corrected chi connectivity index (χ2v) is 1.80. The zero-order chi connectivity index (χ0) is 7.66. The maximum Gasteiger partial charge on any atom is 0.0701 e. The predicted molar refractivity (Wildman–Crippen MR) is 39.7 cm³/mol. The fourth-order valence-electron chi connectivity index (χ4n) is 0.489. The normalized spacial score (nSPS) is 10.2. The molecule has 0 aliphatic carbocycles. The fraction of sp³-hybridized carbons (Fsp3) is 1.00. The average molecular weight is 150 g/mol. The van der Waals surface area contributed by atoms with Crippen LogP contribution in [-0.4, -0.2) is 39.5 Å². The van der Waals surface area contributed by atoms with Crippen LogP contribution in [0.15, 0.2) is 0 Å². The second-order valence-electron chi connectivity index (χ2n) is 1.80. The largest absolute Gasteiger partial charge is 0.378 e. The molecule has 0 amide bonds. The van der Waals surface area contributed by atoms with Crippen LogP contribution in [0.4, 0.5) is 0 Å². The van der Waals surface area contributed by atoms with Gasteiger partial charge in [-0.2, -0.15) is 0 Å². The van der Waals surface area contributed by atoms with E-state index in [0.29, 0.717) is 39.5 Å². The van der Waals surface area contributed by atoms with E-state index in [2.05, 4.69) is 0 Å². The van der Waals surface area contributed by atoms with Crippen molar-refractivity contribution in [1.82, 2.24) is 0 Å². The van der Waals surface area contributed by atoms with Gasteiger partial charge in [0.2, 0.25) is 0 Å². The van der Waals surface area contributed by atoms with Gasteiger partial charge in [-0.3, -0.25) is 0 Å². The Bertz CT molecular complexity index is 53.7. The monoisotopic (exact) mass is 150 g/mol. The van der Waals surface area contributed by atoms with Crippen LogP contribution in [0.1, 0.15) is 0 Å². The molecule has 62 valence electrons. The van der Waals surface area contributed by atoms with E-state index in [4.69, 9.17) is 20.9 Å². The predicted octanol–water partition coefficient (Wildman–Crippen LogP) is -1.06. The zero-order valence-corrected chi connectivity index (χ0v) is 6.21. The van der Waals surface area contributed by atoms with Gasteiger partial charge in [0.15, 0.2) is 0 Å². The van der Waals surface area contributed by atoms with Crippen LogP contribution < -0.4 is 11.5 Å². The molecule has 0 spiro atoms. The minimum atomic E-state index is 0.566. The molecule has 0 unspecified atom stereocenters. The topological polar surface area (TPSA) is 70.5 Å². The van der Waals surface area contributed by atoms with Crippen LogP contribution >= 0.6 is 0 Å². The van der Waals surface area contributed by atoms with Crippen molar-refractivity contribution in [2.24, 2.45) is 11.5 Å². The first-order valence-electron chi connectivity index (χ1n) is 3.47. The number of hydrogen-bond donors (Lipinski definition) is 2. The number of nitrogens with two attached hydrogens (primary N) is 2. The molecule has 0 aromatic rings. The van der Waals surface area contributed by atoms with Gasteiger partial charge in [-0.15, -0.1) is 0 Å². The summed E-state index contributed by atoms with van der Waals surface area (Å²) in [6, 6.07) is 0. The van der Waals surface area contributed by atoms with Crippen LogP contribution in [0.3, 0.4) is 0 Å². The van der Waals surface area contributed by atoms with Crippen molar-refractivity contribution < 1.29 is 9.47 Å². The lowest BCUT2D eigenvalue weighted by Crippen LogP contribution is -2.14. The summed E-state index contributed by atoms with van der Waals surface area (Å²) < 4.78 is 10.1. The Kier molecular flexibility index (Phi) is 8.70. The Hall–Kier alpha value is -0.160. The Morgan fingerprint density at radius 3 is 1.40 bits per heavy atom. The quantitative estimate of drug-likeness (QED) is 0.358. The summed E-state index contributed by atoms with van der Waals surface area (Å²) in [6.45, 7) is 3.56. The molecule has 4 nitrogen and oxygen atoms in total. The smallest absolute Gasteiger partial charge is 0.0701 e. The summed E-state index contributed by atoms with van der Waals surface area (Å²) in [5.74, 6) is 0. The van der Waals surface area contributed by atoms with E-state index in [9.17, 15) is 0 Å². The summed E-state index contributed by atoms with van der Waals surface area (Å²) in [7, 11) is 0. The van der Waals surface area contributed by atoms with Crippen molar-refractivity contribution in [2.75, 3.05) is 39.5 Å². The Morgan fingerprint density at radius 2 is 1.10 bits per heavy atom. The molecule has 4 heteroatoms. The van der Waals surface area contributed by atoms with E-state index in [0.717, 1.165) is 0 Å². The standard InChI is InChI=1S/C6H16N2O2/c7-1-3-9-5-6-10-4-2-8/h1-8H2/i7+1,8+1. The first-order chi connectivity index (χ1) is 4.91. The second kappa shape index (κ2) is 8.84. The van der Waals surface area contributed by atoms with E-state index in [1.165, 1.54) is 0 Å². The van der Waals surface area contributed by atoms with Crippen molar-refractivity contribution >= 4 is 0 Å². The third-order valence-corrected chi connectivity index (χ3v) is 0.896. The highest BCUT2D eigenvalue weighted by molar-refractivity contribution is 4.34. The van der Waals surface area contributed by atoms with E-state index in [-0.39, 0.29) is 0 Å². The minimum absolute atomic E-state index is 0.566. The highest BCUT2D eigenvalue weighted by atomic mass is 16.5. The molecule has 0 atom stereocenters. The first-order valence-corrected chi connectivity index (χ1v) is 3.47. The molecule has 4 N–H and O–H groups in total. The van der Waals surface area contributed by atoms with Crippen LogP contribution in [-0.2, 0) is 9.47 Å². The van der Waals surface area contributed by atoms with Gasteiger partial charge < -0.3 is 20.9 Å². The Morgan fingerprint density at radius 1 is 0.700 bits per heavy atom. The highest BCUT2D eigenvalue weighted by Crippen LogP contribution is 1.75. The molecule has 0 saturated heterocycles. The summed E-state index contributed by atoms with van der Waals surface area (Å²) in [5.41, 5.74) is 10.4. The van der Waals surface area contributed by atoms with Gasteiger partial charge in [0, 0.05) is 13.1 Å². The molecule has 0 rings (SSSR count). The lowest BCUT2D eigenvalue weighted by atomic mass is 10.7. The molecule has 0 aliphatic rings. The summed E-state index contributed by atoms with van der Waals surface area (Å²) >= 11 is 0. The van der Waals surface area contributed by atoms with Crippen LogP contribution in [0.2, 0.25) is 0 Å². The van der Waals surface area contributed by atoms with Crippen molar-refractivity contribution in [3.8, 4) is 0 Å². The fourth-order valence-corrected chi connectivity index (χ4v) is 0.489. The lowest BCUT2D eigenvalue weighted by Gasteiger charge is -2.02. The van der Waals surface area contributed by atoms with Crippen molar-refractivity contribution in [3.05, 3.63) is 0 Å². The van der Waals surface area contributed by atoms with Crippen molar-refractivity contribution in [1.29, 1.82) is 0 Å². The van der Waals surface area contributed by atoms with Crippen LogP contribution in [0, 0.1) is 0 Å². The molecule has 10 heavy (non-hydrogen) atoms. The number of ether oxygens (including phenoxy) is 2.